The summed E-state index contributed by atoms with van der Waals surface area (Å²) >= 11 is 13.2. The third-order valence-electron chi connectivity index (χ3n) is 2.53. The molecule has 0 radical (unpaired) electrons. The molecule has 0 spiro atoms. The van der Waals surface area contributed by atoms with Crippen LogP contribution in [0.25, 0.3) is 0 Å². The lowest BCUT2D eigenvalue weighted by atomic mass is 10.2. The second kappa shape index (κ2) is 6.80. The Hall–Kier alpha value is -1.76. The van der Waals surface area contributed by atoms with Crippen molar-refractivity contribution in [1.82, 2.24) is 5.32 Å². The predicted octanol–water partition coefficient (Wildman–Crippen LogP) is 4.07. The van der Waals surface area contributed by atoms with Gasteiger partial charge in [-0.2, -0.15) is 0 Å². The summed E-state index contributed by atoms with van der Waals surface area (Å²) in [5.41, 5.74) is -0.156. The molecular formula is C13H10Cl2N2O3S. The van der Waals surface area contributed by atoms with Gasteiger partial charge in [-0.25, -0.2) is 9.59 Å². The third kappa shape index (κ3) is 4.10. The molecular weight excluding hydrogens is 335 g/mol. The molecule has 0 fully saturated rings. The number of carbonyl (C=O) groups is 2. The van der Waals surface area contributed by atoms with E-state index in [9.17, 15) is 9.59 Å². The van der Waals surface area contributed by atoms with Crippen molar-refractivity contribution in [3.05, 3.63) is 50.1 Å². The lowest BCUT2D eigenvalue weighted by Crippen LogP contribution is -2.28. The van der Waals surface area contributed by atoms with Crippen LogP contribution in [0.5, 0.6) is 0 Å². The second-order valence-corrected chi connectivity index (χ2v) is 5.88. The van der Waals surface area contributed by atoms with Gasteiger partial charge in [-0.1, -0.05) is 29.3 Å². The number of urea groups is 1. The highest BCUT2D eigenvalue weighted by Gasteiger charge is 2.17. The summed E-state index contributed by atoms with van der Waals surface area (Å²) < 4.78 is 0. The molecule has 21 heavy (non-hydrogen) atoms. The van der Waals surface area contributed by atoms with E-state index in [0.29, 0.717) is 6.54 Å². The molecule has 1 heterocycles. The van der Waals surface area contributed by atoms with E-state index in [-0.39, 0.29) is 21.3 Å². The first-order chi connectivity index (χ1) is 9.97. The molecule has 1 aromatic carbocycles. The molecule has 2 amide bonds. The van der Waals surface area contributed by atoms with Crippen LogP contribution >= 0.6 is 34.5 Å². The number of anilines is 1. The zero-order valence-electron chi connectivity index (χ0n) is 10.5. The fourth-order valence-electron chi connectivity index (χ4n) is 1.61. The summed E-state index contributed by atoms with van der Waals surface area (Å²) in [7, 11) is 0. The van der Waals surface area contributed by atoms with Crippen molar-refractivity contribution in [3.8, 4) is 0 Å². The summed E-state index contributed by atoms with van der Waals surface area (Å²) in [4.78, 5) is 24.0. The first kappa shape index (κ1) is 15.6. The molecule has 1 aromatic heterocycles. The molecule has 0 saturated carbocycles. The van der Waals surface area contributed by atoms with E-state index in [1.165, 1.54) is 23.5 Å². The van der Waals surface area contributed by atoms with Crippen molar-refractivity contribution in [2.45, 2.75) is 6.54 Å². The first-order valence-corrected chi connectivity index (χ1v) is 7.40. The van der Waals surface area contributed by atoms with Crippen LogP contribution < -0.4 is 10.6 Å². The van der Waals surface area contributed by atoms with E-state index in [4.69, 9.17) is 28.3 Å². The summed E-state index contributed by atoms with van der Waals surface area (Å²) in [6.07, 6.45) is 0. The van der Waals surface area contributed by atoms with Gasteiger partial charge in [0, 0.05) is 9.90 Å². The number of carboxylic acids is 1. The number of aromatic carboxylic acids is 1. The van der Waals surface area contributed by atoms with Gasteiger partial charge in [-0.3, -0.25) is 0 Å². The van der Waals surface area contributed by atoms with Crippen LogP contribution in [-0.2, 0) is 6.54 Å². The standard InChI is InChI=1S/C13H10Cl2N2O3S/c14-7-4-9(12(18)19)11(10(15)5-7)17-13(20)16-6-8-2-1-3-21-8/h1-5H,6H2,(H,18,19)(H2,16,17,20). The molecule has 0 aliphatic carbocycles. The van der Waals surface area contributed by atoms with E-state index in [1.807, 2.05) is 17.5 Å². The molecule has 5 nitrogen and oxygen atoms in total. The van der Waals surface area contributed by atoms with Crippen molar-refractivity contribution in [2.75, 3.05) is 5.32 Å². The highest BCUT2D eigenvalue weighted by atomic mass is 35.5. The number of carbonyl (C=O) groups excluding carboxylic acids is 1. The Morgan fingerprint density at radius 1 is 1.29 bits per heavy atom. The van der Waals surface area contributed by atoms with Crippen LogP contribution in [0, 0.1) is 0 Å². The van der Waals surface area contributed by atoms with Gasteiger partial charge in [0.2, 0.25) is 0 Å². The average Bonchev–Trinajstić information content (AvgIpc) is 2.92. The highest BCUT2D eigenvalue weighted by molar-refractivity contribution is 7.09. The largest absolute Gasteiger partial charge is 0.478 e. The molecule has 8 heteroatoms. The quantitative estimate of drug-likeness (QED) is 0.781. The number of hydrogen-bond donors (Lipinski definition) is 3. The fourth-order valence-corrected chi connectivity index (χ4v) is 2.79. The van der Waals surface area contributed by atoms with Gasteiger partial charge in [0.05, 0.1) is 22.8 Å². The van der Waals surface area contributed by atoms with Gasteiger partial charge in [-0.05, 0) is 23.6 Å². The Labute approximate surface area is 134 Å². The van der Waals surface area contributed by atoms with Crippen LogP contribution in [0.2, 0.25) is 10.0 Å². The van der Waals surface area contributed by atoms with Crippen molar-refractivity contribution >= 4 is 52.2 Å². The maximum absolute atomic E-state index is 11.8. The number of amides is 2. The van der Waals surface area contributed by atoms with Crippen LogP contribution in [-0.4, -0.2) is 17.1 Å². The van der Waals surface area contributed by atoms with Crippen LogP contribution in [0.3, 0.4) is 0 Å². The molecule has 0 unspecified atom stereocenters. The number of carboxylic acid groups (broad SMARTS) is 1. The average molecular weight is 345 g/mol. The fraction of sp³-hybridized carbons (Fsp3) is 0.0769. The minimum absolute atomic E-state index is 0.0113. The number of rotatable bonds is 4. The molecule has 2 aromatic rings. The number of hydrogen-bond acceptors (Lipinski definition) is 3. The number of thiophene rings is 1. The zero-order chi connectivity index (χ0) is 15.4. The Balaban J connectivity index is 2.11. The predicted molar refractivity (Wildman–Crippen MR) is 83.6 cm³/mol. The number of benzene rings is 1. The van der Waals surface area contributed by atoms with Gasteiger partial charge in [-0.15, -0.1) is 11.3 Å². The lowest BCUT2D eigenvalue weighted by Gasteiger charge is -2.11. The summed E-state index contributed by atoms with van der Waals surface area (Å²) in [5, 5.41) is 16.3. The first-order valence-electron chi connectivity index (χ1n) is 5.77. The maximum atomic E-state index is 11.8. The van der Waals surface area contributed by atoms with E-state index < -0.39 is 12.0 Å². The van der Waals surface area contributed by atoms with Crippen molar-refractivity contribution in [1.29, 1.82) is 0 Å². The lowest BCUT2D eigenvalue weighted by molar-refractivity contribution is 0.0698. The van der Waals surface area contributed by atoms with E-state index in [1.54, 1.807) is 0 Å². The highest BCUT2D eigenvalue weighted by Crippen LogP contribution is 2.30. The molecule has 0 bridgehead atoms. The van der Waals surface area contributed by atoms with Crippen LogP contribution in [0.15, 0.2) is 29.6 Å². The Kier molecular flexibility index (Phi) is 5.06. The van der Waals surface area contributed by atoms with Crippen molar-refractivity contribution < 1.29 is 14.7 Å². The monoisotopic (exact) mass is 344 g/mol. The summed E-state index contributed by atoms with van der Waals surface area (Å²) in [6, 6.07) is 5.80. The summed E-state index contributed by atoms with van der Waals surface area (Å²) in [6.45, 7) is 0.344. The molecule has 3 N–H and O–H groups in total. The molecule has 0 saturated heterocycles. The zero-order valence-corrected chi connectivity index (χ0v) is 12.9. The smallest absolute Gasteiger partial charge is 0.337 e. The normalized spacial score (nSPS) is 10.2. The van der Waals surface area contributed by atoms with Crippen LogP contribution in [0.1, 0.15) is 15.2 Å². The topological polar surface area (TPSA) is 78.4 Å². The molecule has 110 valence electrons. The molecule has 0 atom stereocenters. The maximum Gasteiger partial charge on any atom is 0.337 e. The third-order valence-corrected chi connectivity index (χ3v) is 3.92. The number of nitrogens with one attached hydrogen (secondary N) is 2. The molecule has 2 rings (SSSR count). The van der Waals surface area contributed by atoms with Crippen molar-refractivity contribution in [2.24, 2.45) is 0 Å². The summed E-state index contributed by atoms with van der Waals surface area (Å²) in [5.74, 6) is -1.23. The van der Waals surface area contributed by atoms with E-state index in [2.05, 4.69) is 10.6 Å². The minimum atomic E-state index is -1.23. The van der Waals surface area contributed by atoms with Gasteiger partial charge >= 0.3 is 12.0 Å². The van der Waals surface area contributed by atoms with Gasteiger partial charge in [0.1, 0.15) is 0 Å². The number of halogens is 2. The van der Waals surface area contributed by atoms with E-state index >= 15 is 0 Å². The van der Waals surface area contributed by atoms with Gasteiger partial charge in [0.25, 0.3) is 0 Å². The molecule has 0 aliphatic rings. The minimum Gasteiger partial charge on any atom is -0.478 e. The van der Waals surface area contributed by atoms with Crippen molar-refractivity contribution in [3.63, 3.8) is 0 Å². The molecule has 0 aliphatic heterocycles. The van der Waals surface area contributed by atoms with E-state index in [0.717, 1.165) is 4.88 Å². The Bertz CT molecular complexity index is 674. The van der Waals surface area contributed by atoms with Gasteiger partial charge < -0.3 is 15.7 Å². The Morgan fingerprint density at radius 3 is 2.67 bits per heavy atom. The second-order valence-electron chi connectivity index (χ2n) is 4.00. The van der Waals surface area contributed by atoms with Crippen LogP contribution in [0.4, 0.5) is 10.5 Å². The Morgan fingerprint density at radius 2 is 2.05 bits per heavy atom. The van der Waals surface area contributed by atoms with Gasteiger partial charge in [0.15, 0.2) is 0 Å². The SMILES string of the molecule is O=C(NCc1cccs1)Nc1c(Cl)cc(Cl)cc1C(=O)O.